The van der Waals surface area contributed by atoms with Crippen molar-refractivity contribution >= 4 is 22.9 Å². The molecule has 0 bridgehead atoms. The molecule has 2 aromatic rings. The number of nitrogens with one attached hydrogen (secondary N) is 1. The van der Waals surface area contributed by atoms with Crippen molar-refractivity contribution in [2.75, 3.05) is 0 Å². The van der Waals surface area contributed by atoms with Gasteiger partial charge < -0.3 is 19.2 Å². The van der Waals surface area contributed by atoms with Gasteiger partial charge in [0, 0.05) is 24.2 Å². The van der Waals surface area contributed by atoms with E-state index in [0.717, 1.165) is 31.2 Å². The van der Waals surface area contributed by atoms with Crippen LogP contribution in [0.3, 0.4) is 0 Å². The standard InChI is InChI=1S/C21H29N3O3/c1-14(2)24-19(25)17-12-18-16(10-11-27-18)23(17)13-21(24,3)20(26)22-15-8-6-4-5-7-9-15/h10-12,14-15H,4-9,13H2,1-3H3,(H,22,26). The van der Waals surface area contributed by atoms with Gasteiger partial charge in [-0.3, -0.25) is 9.59 Å². The summed E-state index contributed by atoms with van der Waals surface area (Å²) in [5, 5.41) is 3.27. The highest BCUT2D eigenvalue weighted by Gasteiger charge is 2.49. The molecule has 0 spiro atoms. The van der Waals surface area contributed by atoms with E-state index < -0.39 is 5.54 Å². The molecular weight excluding hydrogens is 342 g/mol. The summed E-state index contributed by atoms with van der Waals surface area (Å²) in [4.78, 5) is 28.4. The number of carbonyl (C=O) groups excluding carboxylic acids is 2. The molecule has 0 saturated heterocycles. The van der Waals surface area contributed by atoms with Gasteiger partial charge in [-0.2, -0.15) is 0 Å². The molecule has 27 heavy (non-hydrogen) atoms. The average molecular weight is 371 g/mol. The van der Waals surface area contributed by atoms with Crippen molar-refractivity contribution in [2.24, 2.45) is 0 Å². The molecule has 0 radical (unpaired) electrons. The second-order valence-corrected chi connectivity index (χ2v) is 8.49. The minimum atomic E-state index is -0.923. The third-order valence-electron chi connectivity index (χ3n) is 6.15. The van der Waals surface area contributed by atoms with E-state index in [-0.39, 0.29) is 23.9 Å². The van der Waals surface area contributed by atoms with E-state index in [2.05, 4.69) is 5.32 Å². The molecule has 1 atom stereocenters. The van der Waals surface area contributed by atoms with E-state index in [4.69, 9.17) is 4.42 Å². The van der Waals surface area contributed by atoms with Crippen LogP contribution >= 0.6 is 0 Å². The Balaban J connectivity index is 1.69. The molecule has 1 unspecified atom stereocenters. The van der Waals surface area contributed by atoms with E-state index in [0.29, 0.717) is 17.8 Å². The Labute approximate surface area is 159 Å². The fourth-order valence-corrected chi connectivity index (χ4v) is 4.81. The van der Waals surface area contributed by atoms with Crippen molar-refractivity contribution in [1.82, 2.24) is 14.8 Å². The zero-order chi connectivity index (χ0) is 19.2. The number of carbonyl (C=O) groups is 2. The molecule has 146 valence electrons. The van der Waals surface area contributed by atoms with E-state index in [1.54, 1.807) is 17.2 Å². The van der Waals surface area contributed by atoms with Gasteiger partial charge in [0.25, 0.3) is 5.91 Å². The first kappa shape index (κ1) is 18.1. The second-order valence-electron chi connectivity index (χ2n) is 8.49. The zero-order valence-electron chi connectivity index (χ0n) is 16.5. The molecule has 6 heteroatoms. The average Bonchev–Trinajstić information content (AvgIpc) is 3.10. The molecular formula is C21H29N3O3. The number of rotatable bonds is 3. The summed E-state index contributed by atoms with van der Waals surface area (Å²) in [6.45, 7) is 6.27. The number of amides is 2. The molecule has 1 aliphatic heterocycles. The summed E-state index contributed by atoms with van der Waals surface area (Å²) >= 11 is 0. The van der Waals surface area contributed by atoms with Crippen LogP contribution in [0.2, 0.25) is 0 Å². The lowest BCUT2D eigenvalue weighted by Gasteiger charge is -2.46. The van der Waals surface area contributed by atoms with E-state index in [1.807, 2.05) is 31.4 Å². The van der Waals surface area contributed by atoms with Crippen LogP contribution in [0, 0.1) is 0 Å². The summed E-state index contributed by atoms with van der Waals surface area (Å²) in [5.41, 5.74) is 1.23. The van der Waals surface area contributed by atoms with Gasteiger partial charge in [0.1, 0.15) is 11.2 Å². The number of fused-ring (bicyclic) bond motifs is 3. The molecule has 1 fully saturated rings. The fourth-order valence-electron chi connectivity index (χ4n) is 4.81. The van der Waals surface area contributed by atoms with Crippen LogP contribution in [0.15, 0.2) is 22.8 Å². The summed E-state index contributed by atoms with van der Waals surface area (Å²) in [7, 11) is 0. The van der Waals surface area contributed by atoms with Gasteiger partial charge in [-0.25, -0.2) is 0 Å². The van der Waals surface area contributed by atoms with Crippen LogP contribution < -0.4 is 5.32 Å². The van der Waals surface area contributed by atoms with Crippen molar-refractivity contribution in [1.29, 1.82) is 0 Å². The van der Waals surface area contributed by atoms with Gasteiger partial charge in [-0.1, -0.05) is 25.7 Å². The summed E-state index contributed by atoms with van der Waals surface area (Å²) in [6, 6.07) is 3.79. The maximum absolute atomic E-state index is 13.4. The zero-order valence-corrected chi connectivity index (χ0v) is 16.5. The maximum atomic E-state index is 13.4. The van der Waals surface area contributed by atoms with Gasteiger partial charge in [-0.05, 0) is 33.6 Å². The summed E-state index contributed by atoms with van der Waals surface area (Å²) < 4.78 is 7.42. The maximum Gasteiger partial charge on any atom is 0.271 e. The molecule has 1 saturated carbocycles. The highest BCUT2D eigenvalue weighted by atomic mass is 16.3. The van der Waals surface area contributed by atoms with Crippen LogP contribution in [0.1, 0.15) is 69.8 Å². The van der Waals surface area contributed by atoms with Crippen molar-refractivity contribution in [2.45, 2.75) is 83.5 Å². The Kier molecular flexibility index (Phi) is 4.52. The Morgan fingerprint density at radius 3 is 2.63 bits per heavy atom. The van der Waals surface area contributed by atoms with Gasteiger partial charge in [0.15, 0.2) is 5.58 Å². The smallest absolute Gasteiger partial charge is 0.271 e. The second kappa shape index (κ2) is 6.73. The minimum Gasteiger partial charge on any atom is -0.463 e. The van der Waals surface area contributed by atoms with Gasteiger partial charge >= 0.3 is 0 Å². The van der Waals surface area contributed by atoms with E-state index in [9.17, 15) is 9.59 Å². The normalized spacial score (nSPS) is 24.3. The molecule has 2 aliphatic rings. The van der Waals surface area contributed by atoms with Crippen LogP contribution in [-0.4, -0.2) is 38.9 Å². The molecule has 4 rings (SSSR count). The molecule has 6 nitrogen and oxygen atoms in total. The third kappa shape index (κ3) is 2.95. The molecule has 0 aromatic carbocycles. The molecule has 3 heterocycles. The van der Waals surface area contributed by atoms with Crippen LogP contribution in [0.5, 0.6) is 0 Å². The molecule has 1 N–H and O–H groups in total. The summed E-state index contributed by atoms with van der Waals surface area (Å²) in [5.74, 6) is -0.159. The number of hydrogen-bond donors (Lipinski definition) is 1. The quantitative estimate of drug-likeness (QED) is 0.837. The highest BCUT2D eigenvalue weighted by Crippen LogP contribution is 2.34. The van der Waals surface area contributed by atoms with Crippen LogP contribution in [0.25, 0.3) is 11.1 Å². The SMILES string of the molecule is CC(C)N1C(=O)c2cc3occc3n2CC1(C)C(=O)NC1CCCCCC1. The lowest BCUT2D eigenvalue weighted by Crippen LogP contribution is -2.66. The monoisotopic (exact) mass is 371 g/mol. The predicted molar refractivity (Wildman–Crippen MR) is 104 cm³/mol. The first-order chi connectivity index (χ1) is 12.9. The predicted octanol–water partition coefficient (Wildman–Crippen LogP) is 3.70. The molecule has 2 amide bonds. The van der Waals surface area contributed by atoms with Crippen molar-refractivity contribution < 1.29 is 14.0 Å². The Morgan fingerprint density at radius 2 is 1.96 bits per heavy atom. The molecule has 2 aromatic heterocycles. The lowest BCUT2D eigenvalue weighted by molar-refractivity contribution is -0.134. The van der Waals surface area contributed by atoms with Crippen LogP contribution in [-0.2, 0) is 11.3 Å². The van der Waals surface area contributed by atoms with E-state index >= 15 is 0 Å². The van der Waals surface area contributed by atoms with Crippen molar-refractivity contribution in [3.05, 3.63) is 24.1 Å². The van der Waals surface area contributed by atoms with Crippen molar-refractivity contribution in [3.63, 3.8) is 0 Å². The number of hydrogen-bond acceptors (Lipinski definition) is 3. The topological polar surface area (TPSA) is 67.5 Å². The highest BCUT2D eigenvalue weighted by molar-refractivity contribution is 6.03. The van der Waals surface area contributed by atoms with E-state index in [1.165, 1.54) is 12.8 Å². The Morgan fingerprint density at radius 1 is 1.26 bits per heavy atom. The largest absolute Gasteiger partial charge is 0.463 e. The van der Waals surface area contributed by atoms with Crippen molar-refractivity contribution in [3.8, 4) is 0 Å². The number of furan rings is 1. The first-order valence-corrected chi connectivity index (χ1v) is 10.1. The van der Waals surface area contributed by atoms with Gasteiger partial charge in [0.05, 0.1) is 18.3 Å². The Bertz CT molecular complexity index is 857. The van der Waals surface area contributed by atoms with Gasteiger partial charge in [-0.15, -0.1) is 0 Å². The summed E-state index contributed by atoms with van der Waals surface area (Å²) in [6.07, 6.45) is 8.48. The fraction of sp³-hybridized carbons (Fsp3) is 0.619. The number of nitrogens with zero attached hydrogens (tertiary/aromatic N) is 2. The Hall–Kier alpha value is -2.24. The third-order valence-corrected chi connectivity index (χ3v) is 6.15. The first-order valence-electron chi connectivity index (χ1n) is 10.1. The molecule has 1 aliphatic carbocycles. The number of aromatic nitrogens is 1. The van der Waals surface area contributed by atoms with Gasteiger partial charge in [0.2, 0.25) is 5.91 Å². The van der Waals surface area contributed by atoms with Crippen LogP contribution in [0.4, 0.5) is 0 Å². The lowest BCUT2D eigenvalue weighted by atomic mass is 9.92. The minimum absolute atomic E-state index is 0.0487.